The summed E-state index contributed by atoms with van der Waals surface area (Å²) in [5.41, 5.74) is -0.933. The SMILES string of the molecule is COCCC(C)(O)CNC(=O)c1ccc(C)s1. The summed E-state index contributed by atoms with van der Waals surface area (Å²) >= 11 is 1.45. The Kier molecular flexibility index (Phi) is 5.11. The second-order valence-electron chi connectivity index (χ2n) is 4.33. The maximum atomic E-state index is 11.7. The van der Waals surface area contributed by atoms with Crippen LogP contribution in [0.5, 0.6) is 0 Å². The van der Waals surface area contributed by atoms with Crippen LogP contribution in [0.25, 0.3) is 0 Å². The molecule has 5 heteroatoms. The molecule has 1 aromatic rings. The highest BCUT2D eigenvalue weighted by Gasteiger charge is 2.21. The van der Waals surface area contributed by atoms with Gasteiger partial charge in [-0.25, -0.2) is 0 Å². The molecule has 0 saturated heterocycles. The molecule has 1 aromatic heterocycles. The number of hydrogen-bond donors (Lipinski definition) is 2. The maximum absolute atomic E-state index is 11.7. The van der Waals surface area contributed by atoms with E-state index in [0.29, 0.717) is 17.9 Å². The van der Waals surface area contributed by atoms with Crippen molar-refractivity contribution in [3.63, 3.8) is 0 Å². The number of ether oxygens (including phenoxy) is 1. The highest BCUT2D eigenvalue weighted by Crippen LogP contribution is 2.15. The van der Waals surface area contributed by atoms with Gasteiger partial charge in [-0.15, -0.1) is 11.3 Å². The molecule has 0 aliphatic heterocycles. The minimum Gasteiger partial charge on any atom is -0.388 e. The lowest BCUT2D eigenvalue weighted by Crippen LogP contribution is -2.41. The third-order valence-electron chi connectivity index (χ3n) is 2.44. The molecule has 0 bridgehead atoms. The highest BCUT2D eigenvalue weighted by atomic mass is 32.1. The molecule has 0 radical (unpaired) electrons. The number of rotatable bonds is 6. The van der Waals surface area contributed by atoms with E-state index in [1.54, 1.807) is 20.1 Å². The van der Waals surface area contributed by atoms with Crippen molar-refractivity contribution in [2.75, 3.05) is 20.3 Å². The molecule has 2 N–H and O–H groups in total. The normalized spacial score (nSPS) is 14.4. The molecule has 1 heterocycles. The van der Waals surface area contributed by atoms with Crippen LogP contribution in [0.1, 0.15) is 27.9 Å². The van der Waals surface area contributed by atoms with Gasteiger partial charge in [0, 0.05) is 31.6 Å². The van der Waals surface area contributed by atoms with Gasteiger partial charge in [-0.3, -0.25) is 4.79 Å². The summed E-state index contributed by atoms with van der Waals surface area (Å²) in [4.78, 5) is 13.5. The van der Waals surface area contributed by atoms with Gasteiger partial charge in [-0.1, -0.05) is 0 Å². The van der Waals surface area contributed by atoms with Gasteiger partial charge in [0.1, 0.15) is 0 Å². The van der Waals surface area contributed by atoms with Crippen LogP contribution in [0.4, 0.5) is 0 Å². The van der Waals surface area contributed by atoms with Gasteiger partial charge in [0.2, 0.25) is 0 Å². The lowest BCUT2D eigenvalue weighted by molar-refractivity contribution is 0.0244. The Balaban J connectivity index is 2.42. The van der Waals surface area contributed by atoms with Gasteiger partial charge in [-0.05, 0) is 26.0 Å². The first-order valence-electron chi connectivity index (χ1n) is 5.50. The maximum Gasteiger partial charge on any atom is 0.261 e. The fraction of sp³-hybridized carbons (Fsp3) is 0.583. The molecule has 1 unspecified atom stereocenters. The van der Waals surface area contributed by atoms with Crippen molar-refractivity contribution in [1.82, 2.24) is 5.32 Å². The number of carbonyl (C=O) groups excluding carboxylic acids is 1. The topological polar surface area (TPSA) is 58.6 Å². The molecule has 0 aromatic carbocycles. The van der Waals surface area contributed by atoms with Crippen LogP contribution in [-0.4, -0.2) is 36.9 Å². The Morgan fingerprint density at radius 2 is 2.29 bits per heavy atom. The van der Waals surface area contributed by atoms with Gasteiger partial charge in [0.05, 0.1) is 10.5 Å². The standard InChI is InChI=1S/C12H19NO3S/c1-9-4-5-10(17-9)11(14)13-8-12(2,15)6-7-16-3/h4-5,15H,6-8H2,1-3H3,(H,13,14). The van der Waals surface area contributed by atoms with Crippen molar-refractivity contribution in [2.45, 2.75) is 25.9 Å². The van der Waals surface area contributed by atoms with Crippen LogP contribution in [0.3, 0.4) is 0 Å². The molecule has 0 aliphatic rings. The molecular weight excluding hydrogens is 238 g/mol. The summed E-state index contributed by atoms with van der Waals surface area (Å²) in [6.45, 7) is 4.34. The van der Waals surface area contributed by atoms with E-state index < -0.39 is 5.60 Å². The number of nitrogens with one attached hydrogen (secondary N) is 1. The van der Waals surface area contributed by atoms with Crippen molar-refractivity contribution in [3.05, 3.63) is 21.9 Å². The Morgan fingerprint density at radius 3 is 2.82 bits per heavy atom. The third kappa shape index (κ3) is 4.85. The van der Waals surface area contributed by atoms with Gasteiger partial charge in [0.25, 0.3) is 5.91 Å². The second kappa shape index (κ2) is 6.14. The van der Waals surface area contributed by atoms with Crippen LogP contribution in [0, 0.1) is 6.92 Å². The van der Waals surface area contributed by atoms with Crippen LogP contribution < -0.4 is 5.32 Å². The fourth-order valence-corrected chi connectivity index (χ4v) is 2.11. The smallest absolute Gasteiger partial charge is 0.261 e. The minimum atomic E-state index is -0.933. The summed E-state index contributed by atoms with van der Waals surface area (Å²) in [5.74, 6) is -0.138. The summed E-state index contributed by atoms with van der Waals surface area (Å²) in [5, 5.41) is 12.7. The van der Waals surface area contributed by atoms with E-state index in [-0.39, 0.29) is 12.5 Å². The quantitative estimate of drug-likeness (QED) is 0.813. The average molecular weight is 257 g/mol. The third-order valence-corrected chi connectivity index (χ3v) is 3.44. The van der Waals surface area contributed by atoms with E-state index in [9.17, 15) is 9.90 Å². The number of methoxy groups -OCH3 is 1. The van der Waals surface area contributed by atoms with Crippen LogP contribution >= 0.6 is 11.3 Å². The second-order valence-corrected chi connectivity index (χ2v) is 5.62. The number of aryl methyl sites for hydroxylation is 1. The van der Waals surface area contributed by atoms with Crippen molar-refractivity contribution >= 4 is 17.2 Å². The zero-order valence-electron chi connectivity index (χ0n) is 10.4. The average Bonchev–Trinajstić information content (AvgIpc) is 2.70. The molecule has 96 valence electrons. The first-order valence-corrected chi connectivity index (χ1v) is 6.32. The van der Waals surface area contributed by atoms with E-state index >= 15 is 0 Å². The predicted octanol–water partition coefficient (Wildman–Crippen LogP) is 1.57. The minimum absolute atomic E-state index is 0.138. The number of thiophene rings is 1. The monoisotopic (exact) mass is 257 g/mol. The Morgan fingerprint density at radius 1 is 1.59 bits per heavy atom. The van der Waals surface area contributed by atoms with Crippen molar-refractivity contribution in [1.29, 1.82) is 0 Å². The van der Waals surface area contributed by atoms with E-state index in [0.717, 1.165) is 4.88 Å². The van der Waals surface area contributed by atoms with E-state index in [1.807, 2.05) is 13.0 Å². The number of amides is 1. The van der Waals surface area contributed by atoms with Crippen molar-refractivity contribution in [2.24, 2.45) is 0 Å². The zero-order chi connectivity index (χ0) is 12.9. The molecule has 0 spiro atoms. The van der Waals surface area contributed by atoms with Crippen LogP contribution in [-0.2, 0) is 4.74 Å². The molecule has 0 saturated carbocycles. The molecule has 4 nitrogen and oxygen atoms in total. The largest absolute Gasteiger partial charge is 0.388 e. The summed E-state index contributed by atoms with van der Waals surface area (Å²) in [6, 6.07) is 3.70. The molecule has 1 atom stereocenters. The van der Waals surface area contributed by atoms with Gasteiger partial charge < -0.3 is 15.2 Å². The van der Waals surface area contributed by atoms with Crippen LogP contribution in [0.2, 0.25) is 0 Å². The van der Waals surface area contributed by atoms with E-state index in [2.05, 4.69) is 5.32 Å². The lowest BCUT2D eigenvalue weighted by Gasteiger charge is -2.22. The van der Waals surface area contributed by atoms with Crippen molar-refractivity contribution in [3.8, 4) is 0 Å². The van der Waals surface area contributed by atoms with E-state index in [4.69, 9.17) is 4.74 Å². The molecule has 17 heavy (non-hydrogen) atoms. The number of aliphatic hydroxyl groups is 1. The lowest BCUT2D eigenvalue weighted by atomic mass is 10.0. The molecule has 1 rings (SSSR count). The van der Waals surface area contributed by atoms with E-state index in [1.165, 1.54) is 11.3 Å². The molecule has 1 amide bonds. The van der Waals surface area contributed by atoms with Gasteiger partial charge in [0.15, 0.2) is 0 Å². The summed E-state index contributed by atoms with van der Waals surface area (Å²) in [7, 11) is 1.59. The van der Waals surface area contributed by atoms with Gasteiger partial charge >= 0.3 is 0 Å². The zero-order valence-corrected chi connectivity index (χ0v) is 11.3. The Labute approximate surface area is 106 Å². The summed E-state index contributed by atoms with van der Waals surface area (Å²) < 4.78 is 4.90. The fourth-order valence-electron chi connectivity index (χ4n) is 1.32. The van der Waals surface area contributed by atoms with Crippen LogP contribution in [0.15, 0.2) is 12.1 Å². The molecular formula is C12H19NO3S. The first-order chi connectivity index (χ1) is 7.94. The number of carbonyl (C=O) groups is 1. The number of hydrogen-bond acceptors (Lipinski definition) is 4. The summed E-state index contributed by atoms with van der Waals surface area (Å²) in [6.07, 6.45) is 0.493. The first kappa shape index (κ1) is 14.2. The predicted molar refractivity (Wildman–Crippen MR) is 68.5 cm³/mol. The highest BCUT2D eigenvalue weighted by molar-refractivity contribution is 7.13. The molecule has 0 fully saturated rings. The Hall–Kier alpha value is -0.910. The van der Waals surface area contributed by atoms with Gasteiger partial charge in [-0.2, -0.15) is 0 Å². The Bertz CT molecular complexity index is 374. The molecule has 0 aliphatic carbocycles. The van der Waals surface area contributed by atoms with Crippen molar-refractivity contribution < 1.29 is 14.6 Å².